The number of para-hydroxylation sites is 1. The highest BCUT2D eigenvalue weighted by Crippen LogP contribution is 2.34. The van der Waals surface area contributed by atoms with E-state index in [0.717, 1.165) is 17.8 Å². The van der Waals surface area contributed by atoms with Crippen molar-refractivity contribution in [3.63, 3.8) is 0 Å². The molecule has 1 fully saturated rings. The molecule has 2 nitrogen and oxygen atoms in total. The van der Waals surface area contributed by atoms with Gasteiger partial charge in [0.25, 0.3) is 0 Å². The van der Waals surface area contributed by atoms with Crippen LogP contribution in [0.4, 0.5) is 5.69 Å². The third-order valence-electron chi connectivity index (χ3n) is 4.24. The Morgan fingerprint density at radius 1 is 1.28 bits per heavy atom. The summed E-state index contributed by atoms with van der Waals surface area (Å²) in [5, 5.41) is 9.31. The summed E-state index contributed by atoms with van der Waals surface area (Å²) in [6.07, 6.45) is 1.28. The van der Waals surface area contributed by atoms with Crippen molar-refractivity contribution in [1.82, 2.24) is 0 Å². The van der Waals surface area contributed by atoms with Crippen molar-refractivity contribution in [2.45, 2.75) is 40.2 Å². The average Bonchev–Trinajstić information content (AvgIpc) is 2.33. The molecule has 3 atom stereocenters. The van der Waals surface area contributed by atoms with Gasteiger partial charge in [-0.05, 0) is 43.7 Å². The van der Waals surface area contributed by atoms with Crippen LogP contribution in [0.25, 0.3) is 0 Å². The van der Waals surface area contributed by atoms with Crippen LogP contribution in [0, 0.1) is 30.1 Å². The Bertz CT molecular complexity index is 472. The first-order chi connectivity index (χ1) is 8.54. The number of nitriles is 1. The predicted molar refractivity (Wildman–Crippen MR) is 75.6 cm³/mol. The van der Waals surface area contributed by atoms with Crippen molar-refractivity contribution in [2.24, 2.45) is 11.8 Å². The number of hydrogen-bond acceptors (Lipinski definition) is 2. The van der Waals surface area contributed by atoms with E-state index in [1.807, 2.05) is 12.1 Å². The van der Waals surface area contributed by atoms with Gasteiger partial charge in [-0.1, -0.05) is 26.0 Å². The van der Waals surface area contributed by atoms with E-state index in [9.17, 15) is 5.26 Å². The Labute approximate surface area is 110 Å². The second-order valence-corrected chi connectivity index (χ2v) is 5.79. The lowest BCUT2D eigenvalue weighted by molar-refractivity contribution is 0.296. The van der Waals surface area contributed by atoms with E-state index < -0.39 is 0 Å². The molecule has 0 saturated carbocycles. The number of anilines is 1. The lowest BCUT2D eigenvalue weighted by Crippen LogP contribution is -2.46. The van der Waals surface area contributed by atoms with Crippen molar-refractivity contribution < 1.29 is 0 Å². The maximum atomic E-state index is 9.31. The van der Waals surface area contributed by atoms with E-state index in [-0.39, 0.29) is 0 Å². The van der Waals surface area contributed by atoms with Crippen molar-refractivity contribution in [1.29, 1.82) is 5.26 Å². The minimum Gasteiger partial charge on any atom is -0.367 e. The molecule has 3 unspecified atom stereocenters. The molecule has 1 aliphatic heterocycles. The fraction of sp³-hybridized carbons (Fsp3) is 0.562. The molecule has 0 aliphatic carbocycles. The van der Waals surface area contributed by atoms with Crippen molar-refractivity contribution in [2.75, 3.05) is 11.4 Å². The van der Waals surface area contributed by atoms with Crippen LogP contribution in [0.3, 0.4) is 0 Å². The number of benzene rings is 1. The Morgan fingerprint density at radius 3 is 2.67 bits per heavy atom. The number of hydrogen-bond donors (Lipinski definition) is 0. The molecule has 0 bridgehead atoms. The monoisotopic (exact) mass is 242 g/mol. The largest absolute Gasteiger partial charge is 0.367 e. The van der Waals surface area contributed by atoms with Crippen LogP contribution in [0.5, 0.6) is 0 Å². The van der Waals surface area contributed by atoms with Gasteiger partial charge in [0, 0.05) is 12.6 Å². The van der Waals surface area contributed by atoms with Crippen LogP contribution < -0.4 is 4.90 Å². The molecule has 0 spiro atoms. The SMILES string of the molecule is Cc1cccc(C#N)c1N1CC(C)CC(C)C1C. The van der Waals surface area contributed by atoms with Gasteiger partial charge in [-0.15, -0.1) is 0 Å². The molecule has 0 amide bonds. The van der Waals surface area contributed by atoms with Gasteiger partial charge in [-0.3, -0.25) is 0 Å². The van der Waals surface area contributed by atoms with Crippen LogP contribution in [-0.2, 0) is 0 Å². The second-order valence-electron chi connectivity index (χ2n) is 5.79. The van der Waals surface area contributed by atoms with Crippen LogP contribution in [-0.4, -0.2) is 12.6 Å². The third kappa shape index (κ3) is 2.22. The fourth-order valence-corrected chi connectivity index (χ4v) is 3.14. The smallest absolute Gasteiger partial charge is 0.101 e. The third-order valence-corrected chi connectivity index (χ3v) is 4.24. The molecule has 0 radical (unpaired) electrons. The fourth-order valence-electron chi connectivity index (χ4n) is 3.14. The first-order valence-electron chi connectivity index (χ1n) is 6.81. The van der Waals surface area contributed by atoms with Gasteiger partial charge in [0.1, 0.15) is 6.07 Å². The molecule has 1 aromatic rings. The molecule has 18 heavy (non-hydrogen) atoms. The Balaban J connectivity index is 2.44. The standard InChI is InChI=1S/C16H22N2/c1-11-8-13(3)14(4)18(10-11)16-12(2)6-5-7-15(16)9-17/h5-7,11,13-14H,8,10H2,1-4H3. The maximum absolute atomic E-state index is 9.31. The highest BCUT2D eigenvalue weighted by Gasteiger charge is 2.30. The zero-order chi connectivity index (χ0) is 13.3. The lowest BCUT2D eigenvalue weighted by atomic mass is 9.85. The Morgan fingerprint density at radius 2 is 2.00 bits per heavy atom. The first-order valence-corrected chi connectivity index (χ1v) is 6.81. The zero-order valence-electron chi connectivity index (χ0n) is 11.8. The molecule has 0 aromatic heterocycles. The molecule has 0 N–H and O–H groups in total. The molecular formula is C16H22N2. The normalized spacial score (nSPS) is 27.9. The molecule has 1 saturated heterocycles. The molecule has 96 valence electrons. The zero-order valence-corrected chi connectivity index (χ0v) is 11.8. The Hall–Kier alpha value is -1.49. The van der Waals surface area contributed by atoms with Gasteiger partial charge in [0.2, 0.25) is 0 Å². The topological polar surface area (TPSA) is 27.0 Å². The van der Waals surface area contributed by atoms with E-state index >= 15 is 0 Å². The molecule has 1 heterocycles. The van der Waals surface area contributed by atoms with Gasteiger partial charge in [0.15, 0.2) is 0 Å². The molecule has 2 heteroatoms. The van der Waals surface area contributed by atoms with Crippen LogP contribution >= 0.6 is 0 Å². The van der Waals surface area contributed by atoms with Crippen LogP contribution in [0.1, 0.15) is 38.3 Å². The molecule has 1 aromatic carbocycles. The summed E-state index contributed by atoms with van der Waals surface area (Å²) in [5.41, 5.74) is 3.16. The highest BCUT2D eigenvalue weighted by atomic mass is 15.2. The van der Waals surface area contributed by atoms with Crippen molar-refractivity contribution >= 4 is 5.69 Å². The molecule has 1 aliphatic rings. The number of piperidine rings is 1. The number of nitrogens with zero attached hydrogens (tertiary/aromatic N) is 2. The summed E-state index contributed by atoms with van der Waals surface area (Å²) < 4.78 is 0. The second kappa shape index (κ2) is 5.02. The van der Waals surface area contributed by atoms with E-state index in [2.05, 4.69) is 44.7 Å². The van der Waals surface area contributed by atoms with Crippen LogP contribution in [0.15, 0.2) is 18.2 Å². The van der Waals surface area contributed by atoms with E-state index in [1.54, 1.807) is 0 Å². The van der Waals surface area contributed by atoms with Crippen LogP contribution in [0.2, 0.25) is 0 Å². The summed E-state index contributed by atoms with van der Waals surface area (Å²) in [6.45, 7) is 10.1. The average molecular weight is 242 g/mol. The summed E-state index contributed by atoms with van der Waals surface area (Å²) >= 11 is 0. The van der Waals surface area contributed by atoms with Gasteiger partial charge in [-0.25, -0.2) is 0 Å². The molecular weight excluding hydrogens is 220 g/mol. The van der Waals surface area contributed by atoms with Gasteiger partial charge >= 0.3 is 0 Å². The summed E-state index contributed by atoms with van der Waals surface area (Å²) in [6, 6.07) is 8.86. The number of aryl methyl sites for hydroxylation is 1. The van der Waals surface area contributed by atoms with Crippen molar-refractivity contribution in [3.05, 3.63) is 29.3 Å². The quantitative estimate of drug-likeness (QED) is 0.750. The van der Waals surface area contributed by atoms with E-state index in [0.29, 0.717) is 17.9 Å². The predicted octanol–water partition coefficient (Wildman–Crippen LogP) is 3.74. The van der Waals surface area contributed by atoms with Gasteiger partial charge in [0.05, 0.1) is 11.3 Å². The Kier molecular flexibility index (Phi) is 3.61. The van der Waals surface area contributed by atoms with Crippen molar-refractivity contribution in [3.8, 4) is 6.07 Å². The van der Waals surface area contributed by atoms with Gasteiger partial charge in [-0.2, -0.15) is 5.26 Å². The molecule has 2 rings (SSSR count). The highest BCUT2D eigenvalue weighted by molar-refractivity contribution is 5.64. The minimum absolute atomic E-state index is 0.509. The minimum atomic E-state index is 0.509. The first kappa shape index (κ1) is 13.0. The summed E-state index contributed by atoms with van der Waals surface area (Å²) in [4.78, 5) is 2.44. The van der Waals surface area contributed by atoms with Gasteiger partial charge < -0.3 is 4.90 Å². The summed E-state index contributed by atoms with van der Waals surface area (Å²) in [5.74, 6) is 1.38. The number of rotatable bonds is 1. The summed E-state index contributed by atoms with van der Waals surface area (Å²) in [7, 11) is 0. The van der Waals surface area contributed by atoms with E-state index in [1.165, 1.54) is 12.0 Å². The maximum Gasteiger partial charge on any atom is 0.101 e. The van der Waals surface area contributed by atoms with E-state index in [4.69, 9.17) is 0 Å². The lowest BCUT2D eigenvalue weighted by Gasteiger charge is -2.43.